The lowest BCUT2D eigenvalue weighted by molar-refractivity contribution is -0.380. The Kier molecular flexibility index (Phi) is 5.38. The maximum atomic E-state index is 12.5. The molecule has 0 atom stereocenters. The summed E-state index contributed by atoms with van der Waals surface area (Å²) in [6.45, 7) is -0.186. The average Bonchev–Trinajstić information content (AvgIpc) is 3.29. The first-order valence-corrected chi connectivity index (χ1v) is 10.1. The van der Waals surface area contributed by atoms with Gasteiger partial charge in [-0.2, -0.15) is 0 Å². The first-order valence-electron chi connectivity index (χ1n) is 7.60. The molecule has 8 nitrogen and oxygen atoms in total. The topological polar surface area (TPSA) is 117 Å². The van der Waals surface area contributed by atoms with Crippen molar-refractivity contribution in [3.63, 3.8) is 0 Å². The molecule has 1 aromatic carbocycles. The largest absolute Gasteiger partial charge is 0.457 e. The van der Waals surface area contributed by atoms with Gasteiger partial charge in [-0.1, -0.05) is 29.5 Å². The van der Waals surface area contributed by atoms with E-state index in [2.05, 4.69) is 0 Å². The van der Waals surface area contributed by atoms with Gasteiger partial charge in [0, 0.05) is 22.6 Å². The van der Waals surface area contributed by atoms with Crippen molar-refractivity contribution in [2.24, 2.45) is 0 Å². The minimum absolute atomic E-state index is 0.0614. The molecular weight excluding hydrogens is 394 g/mol. The van der Waals surface area contributed by atoms with Crippen molar-refractivity contribution in [3.8, 4) is 0 Å². The summed E-state index contributed by atoms with van der Waals surface area (Å²) in [6.07, 6.45) is 1.21. The number of ether oxygens (including phenoxy) is 1. The molecule has 0 amide bonds. The maximum Gasteiger partial charge on any atom is 0.374 e. The van der Waals surface area contributed by atoms with Crippen LogP contribution in [0.1, 0.15) is 21.7 Å². The lowest BCUT2D eigenvalue weighted by atomic mass is 10.3. The molecule has 2 aromatic heterocycles. The van der Waals surface area contributed by atoms with Crippen LogP contribution in [0, 0.1) is 10.1 Å². The number of hydrogen-bond acceptors (Lipinski definition) is 8. The van der Waals surface area contributed by atoms with Crippen molar-refractivity contribution < 1.29 is 27.3 Å². The lowest BCUT2D eigenvalue weighted by Gasteiger charge is -2.05. The second-order valence-corrected chi connectivity index (χ2v) is 8.35. The van der Waals surface area contributed by atoms with Gasteiger partial charge in [-0.05, 0) is 18.2 Å². The minimum atomic E-state index is -3.65. The Labute approximate surface area is 158 Å². The van der Waals surface area contributed by atoms with Crippen LogP contribution >= 0.6 is 11.3 Å². The Hall–Kier alpha value is -2.98. The standard InChI is InChI=1S/C17H13NO7S2/c19-17(25-9-12-8-15(18(20)21)26-10-12)16-13(6-7-24-16)11-27(22,23)14-4-2-1-3-5-14/h1-8,10H,9,11H2. The quantitative estimate of drug-likeness (QED) is 0.334. The molecule has 10 heteroatoms. The van der Waals surface area contributed by atoms with Crippen LogP contribution < -0.4 is 0 Å². The maximum absolute atomic E-state index is 12.5. The molecule has 3 aromatic rings. The summed E-state index contributed by atoms with van der Waals surface area (Å²) in [5.41, 5.74) is 0.644. The van der Waals surface area contributed by atoms with Gasteiger partial charge in [0.05, 0.1) is 21.8 Å². The SMILES string of the molecule is O=C(OCc1csc([N+](=O)[O-])c1)c1occc1CS(=O)(=O)c1ccccc1. The molecule has 0 N–H and O–H groups in total. The number of rotatable bonds is 7. The normalized spacial score (nSPS) is 11.3. The van der Waals surface area contributed by atoms with Gasteiger partial charge in [0.2, 0.25) is 5.76 Å². The van der Waals surface area contributed by atoms with E-state index in [9.17, 15) is 23.3 Å². The molecule has 0 unspecified atom stereocenters. The fourth-order valence-corrected chi connectivity index (χ4v) is 4.38. The van der Waals surface area contributed by atoms with Crippen LogP contribution in [0.4, 0.5) is 5.00 Å². The van der Waals surface area contributed by atoms with E-state index in [4.69, 9.17) is 9.15 Å². The van der Waals surface area contributed by atoms with Crippen LogP contribution in [-0.2, 0) is 26.9 Å². The first-order chi connectivity index (χ1) is 12.9. The zero-order chi connectivity index (χ0) is 19.4. The number of hydrogen-bond donors (Lipinski definition) is 0. The van der Waals surface area contributed by atoms with Crippen LogP contribution in [0.25, 0.3) is 0 Å². The summed E-state index contributed by atoms with van der Waals surface area (Å²) in [6, 6.07) is 10.6. The summed E-state index contributed by atoms with van der Waals surface area (Å²) in [4.78, 5) is 22.5. The third-order valence-electron chi connectivity index (χ3n) is 3.57. The molecule has 0 fully saturated rings. The van der Waals surface area contributed by atoms with E-state index in [-0.39, 0.29) is 27.8 Å². The highest BCUT2D eigenvalue weighted by Crippen LogP contribution is 2.24. The Morgan fingerprint density at radius 1 is 1.22 bits per heavy atom. The molecule has 0 aliphatic rings. The molecule has 0 saturated carbocycles. The van der Waals surface area contributed by atoms with Gasteiger partial charge in [0.15, 0.2) is 9.84 Å². The van der Waals surface area contributed by atoms with E-state index < -0.39 is 26.5 Å². The summed E-state index contributed by atoms with van der Waals surface area (Å²) in [7, 11) is -3.65. The molecule has 0 aliphatic heterocycles. The van der Waals surface area contributed by atoms with Crippen molar-refractivity contribution in [2.75, 3.05) is 0 Å². The molecule has 140 valence electrons. The lowest BCUT2D eigenvalue weighted by Crippen LogP contribution is -2.10. The number of carbonyl (C=O) groups excluding carboxylic acids is 1. The van der Waals surface area contributed by atoms with Crippen LogP contribution in [0.2, 0.25) is 0 Å². The molecular formula is C17H13NO7S2. The summed E-state index contributed by atoms with van der Waals surface area (Å²) in [5, 5.41) is 12.1. The van der Waals surface area contributed by atoms with E-state index in [0.717, 1.165) is 11.3 Å². The molecule has 0 radical (unpaired) electrons. The minimum Gasteiger partial charge on any atom is -0.457 e. The fraction of sp³-hybridized carbons (Fsp3) is 0.118. The molecule has 2 heterocycles. The second-order valence-electron chi connectivity index (χ2n) is 5.47. The molecule has 0 bridgehead atoms. The number of carbonyl (C=O) groups is 1. The summed E-state index contributed by atoms with van der Waals surface area (Å²) < 4.78 is 35.1. The fourth-order valence-electron chi connectivity index (χ4n) is 2.29. The highest BCUT2D eigenvalue weighted by atomic mass is 32.2. The third kappa shape index (κ3) is 4.41. The van der Waals surface area contributed by atoms with E-state index >= 15 is 0 Å². The number of nitrogens with zero attached hydrogens (tertiary/aromatic N) is 1. The Morgan fingerprint density at radius 3 is 2.63 bits per heavy atom. The Morgan fingerprint density at radius 2 is 1.96 bits per heavy atom. The van der Waals surface area contributed by atoms with Gasteiger partial charge in [-0.25, -0.2) is 13.2 Å². The summed E-state index contributed by atoms with van der Waals surface area (Å²) in [5.74, 6) is -1.46. The van der Waals surface area contributed by atoms with Gasteiger partial charge in [0.1, 0.15) is 6.61 Å². The van der Waals surface area contributed by atoms with Gasteiger partial charge in [-0.15, -0.1) is 0 Å². The highest BCUT2D eigenvalue weighted by Gasteiger charge is 2.23. The van der Waals surface area contributed by atoms with E-state index in [1.165, 1.54) is 35.9 Å². The second kappa shape index (κ2) is 7.72. The summed E-state index contributed by atoms with van der Waals surface area (Å²) >= 11 is 0.922. The van der Waals surface area contributed by atoms with Crippen molar-refractivity contribution in [2.45, 2.75) is 17.3 Å². The molecule has 0 spiro atoms. The van der Waals surface area contributed by atoms with Crippen LogP contribution in [0.5, 0.6) is 0 Å². The molecule has 3 rings (SSSR count). The van der Waals surface area contributed by atoms with Gasteiger partial charge >= 0.3 is 11.0 Å². The predicted molar refractivity (Wildman–Crippen MR) is 96.1 cm³/mol. The van der Waals surface area contributed by atoms with Gasteiger partial charge in [-0.3, -0.25) is 10.1 Å². The smallest absolute Gasteiger partial charge is 0.374 e. The van der Waals surface area contributed by atoms with E-state index in [1.54, 1.807) is 18.2 Å². The van der Waals surface area contributed by atoms with E-state index in [0.29, 0.717) is 5.56 Å². The molecule has 0 aliphatic carbocycles. The van der Waals surface area contributed by atoms with Gasteiger partial charge in [0.25, 0.3) is 0 Å². The predicted octanol–water partition coefficient (Wildman–Crippen LogP) is 3.58. The van der Waals surface area contributed by atoms with E-state index in [1.807, 2.05) is 0 Å². The average molecular weight is 407 g/mol. The van der Waals surface area contributed by atoms with Crippen LogP contribution in [-0.4, -0.2) is 19.3 Å². The number of esters is 1. The number of furan rings is 1. The molecule has 0 saturated heterocycles. The van der Waals surface area contributed by atoms with Crippen molar-refractivity contribution in [3.05, 3.63) is 81.1 Å². The monoisotopic (exact) mass is 407 g/mol. The number of nitro groups is 1. The number of thiophene rings is 1. The van der Waals surface area contributed by atoms with Crippen LogP contribution in [0.3, 0.4) is 0 Å². The molecule has 27 heavy (non-hydrogen) atoms. The zero-order valence-electron chi connectivity index (χ0n) is 13.7. The Bertz CT molecular complexity index is 1070. The number of benzene rings is 1. The van der Waals surface area contributed by atoms with Crippen molar-refractivity contribution in [1.29, 1.82) is 0 Å². The third-order valence-corrected chi connectivity index (χ3v) is 6.18. The number of sulfone groups is 1. The van der Waals surface area contributed by atoms with Crippen molar-refractivity contribution >= 4 is 32.1 Å². The zero-order valence-corrected chi connectivity index (χ0v) is 15.4. The van der Waals surface area contributed by atoms with Crippen molar-refractivity contribution in [1.82, 2.24) is 0 Å². The van der Waals surface area contributed by atoms with Crippen LogP contribution in [0.15, 0.2) is 63.4 Å². The highest BCUT2D eigenvalue weighted by molar-refractivity contribution is 7.90. The Balaban J connectivity index is 1.70. The van der Waals surface area contributed by atoms with Gasteiger partial charge < -0.3 is 9.15 Å². The first kappa shape index (κ1) is 18.8.